The van der Waals surface area contributed by atoms with E-state index in [1.54, 1.807) is 0 Å². The molecule has 4 saturated carbocycles. The number of nitrogens with one attached hydrogen (secondary N) is 1. The van der Waals surface area contributed by atoms with Gasteiger partial charge in [-0.05, 0) is 94.3 Å². The van der Waals surface area contributed by atoms with Crippen LogP contribution in [0.2, 0.25) is 0 Å². The number of nitrogens with zero attached hydrogens (tertiary/aromatic N) is 3. The number of aliphatic hydroxyl groups is 1. The van der Waals surface area contributed by atoms with Gasteiger partial charge in [-0.3, -0.25) is 0 Å². The minimum atomic E-state index is 0.316. The van der Waals surface area contributed by atoms with Crippen molar-refractivity contribution in [1.82, 2.24) is 15.3 Å². The third-order valence-corrected chi connectivity index (χ3v) is 8.84. The fraction of sp³-hybridized carbons (Fsp3) is 0.833. The van der Waals surface area contributed by atoms with Crippen molar-refractivity contribution >= 4 is 5.95 Å². The lowest BCUT2D eigenvalue weighted by Crippen LogP contribution is -2.59. The molecule has 1 unspecified atom stereocenters. The zero-order valence-electron chi connectivity index (χ0n) is 17.7. The molecule has 0 radical (unpaired) electrons. The third-order valence-electron chi connectivity index (χ3n) is 8.84. The van der Waals surface area contributed by atoms with Crippen molar-refractivity contribution in [3.8, 4) is 0 Å². The highest BCUT2D eigenvalue weighted by molar-refractivity contribution is 5.36. The molecule has 7 rings (SSSR count). The minimum absolute atomic E-state index is 0.316. The second kappa shape index (κ2) is 7.19. The van der Waals surface area contributed by atoms with E-state index < -0.39 is 0 Å². The van der Waals surface area contributed by atoms with Crippen LogP contribution in [0.1, 0.15) is 81.5 Å². The Morgan fingerprint density at radius 3 is 2.38 bits per heavy atom. The smallest absolute Gasteiger partial charge is 0.225 e. The fourth-order valence-corrected chi connectivity index (χ4v) is 7.81. The Balaban J connectivity index is 1.20. The van der Waals surface area contributed by atoms with E-state index in [0.717, 1.165) is 56.1 Å². The van der Waals surface area contributed by atoms with Gasteiger partial charge in [0.2, 0.25) is 5.95 Å². The van der Waals surface area contributed by atoms with Gasteiger partial charge in [0, 0.05) is 43.0 Å². The van der Waals surface area contributed by atoms with Crippen molar-refractivity contribution in [1.29, 1.82) is 0 Å². The summed E-state index contributed by atoms with van der Waals surface area (Å²) in [6.07, 6.45) is 16.5. The molecule has 29 heavy (non-hydrogen) atoms. The second-order valence-corrected chi connectivity index (χ2v) is 11.0. The normalized spacial score (nSPS) is 39.0. The lowest BCUT2D eigenvalue weighted by molar-refractivity contribution is -0.0265. The average Bonchev–Trinajstić information content (AvgIpc) is 2.72. The first-order valence-corrected chi connectivity index (χ1v) is 12.2. The molecule has 158 valence electrons. The van der Waals surface area contributed by atoms with Crippen LogP contribution in [0.3, 0.4) is 0 Å². The quantitative estimate of drug-likeness (QED) is 0.814. The zero-order valence-corrected chi connectivity index (χ0v) is 17.7. The number of anilines is 1. The molecule has 2 heterocycles. The summed E-state index contributed by atoms with van der Waals surface area (Å²) in [5.41, 5.74) is 3.06. The van der Waals surface area contributed by atoms with E-state index in [0.29, 0.717) is 24.1 Å². The van der Waals surface area contributed by atoms with Crippen LogP contribution in [0.25, 0.3) is 0 Å². The number of hydrogen-bond acceptors (Lipinski definition) is 5. The van der Waals surface area contributed by atoms with Gasteiger partial charge in [0.05, 0.1) is 5.69 Å². The van der Waals surface area contributed by atoms with E-state index in [1.165, 1.54) is 62.6 Å². The Kier molecular flexibility index (Phi) is 4.60. The number of piperidine rings is 1. The van der Waals surface area contributed by atoms with Crippen LogP contribution in [0.5, 0.6) is 0 Å². The fourth-order valence-electron chi connectivity index (χ4n) is 7.81. The number of aromatic nitrogens is 2. The first kappa shape index (κ1) is 18.6. The Hall–Kier alpha value is -1.20. The second-order valence-electron chi connectivity index (χ2n) is 11.0. The Labute approximate surface area is 174 Å². The standard InChI is InChI=1S/C24H36N4O/c29-15-16-4-6-28(7-5-16)23-25-14-20-21(26-23)2-1-3-22(20)27-24-11-17-8-18(12-24)10-19(9-17)13-24/h14,16-19,22,27,29H,1-13,15H2. The maximum absolute atomic E-state index is 9.39. The van der Waals surface area contributed by atoms with E-state index in [1.807, 2.05) is 0 Å². The molecule has 5 fully saturated rings. The van der Waals surface area contributed by atoms with Crippen molar-refractivity contribution in [3.63, 3.8) is 0 Å². The molecule has 5 aliphatic carbocycles. The van der Waals surface area contributed by atoms with Crippen LogP contribution < -0.4 is 10.2 Å². The summed E-state index contributed by atoms with van der Waals surface area (Å²) >= 11 is 0. The number of aliphatic hydroxyl groups excluding tert-OH is 1. The predicted octanol–water partition coefficient (Wildman–Crippen LogP) is 3.62. The third kappa shape index (κ3) is 3.38. The molecule has 6 aliphatic rings. The maximum atomic E-state index is 9.39. The Morgan fingerprint density at radius 2 is 1.72 bits per heavy atom. The predicted molar refractivity (Wildman–Crippen MR) is 114 cm³/mol. The highest BCUT2D eigenvalue weighted by Crippen LogP contribution is 2.56. The van der Waals surface area contributed by atoms with E-state index in [4.69, 9.17) is 9.97 Å². The van der Waals surface area contributed by atoms with Gasteiger partial charge in [-0.1, -0.05) is 0 Å². The van der Waals surface area contributed by atoms with Gasteiger partial charge in [0.25, 0.3) is 0 Å². The van der Waals surface area contributed by atoms with E-state index >= 15 is 0 Å². The highest BCUT2D eigenvalue weighted by Gasteiger charge is 2.51. The zero-order chi connectivity index (χ0) is 19.4. The van der Waals surface area contributed by atoms with Crippen molar-refractivity contribution in [2.45, 2.75) is 82.2 Å². The number of hydrogen-bond donors (Lipinski definition) is 2. The van der Waals surface area contributed by atoms with Gasteiger partial charge in [0.1, 0.15) is 0 Å². The number of fused-ring (bicyclic) bond motifs is 1. The summed E-state index contributed by atoms with van der Waals surface area (Å²) in [7, 11) is 0. The molecular formula is C24H36N4O. The highest BCUT2D eigenvalue weighted by atomic mass is 16.3. The van der Waals surface area contributed by atoms with Crippen molar-refractivity contribution < 1.29 is 5.11 Å². The van der Waals surface area contributed by atoms with Crippen LogP contribution in [0.4, 0.5) is 5.95 Å². The van der Waals surface area contributed by atoms with Gasteiger partial charge < -0.3 is 15.3 Å². The molecule has 1 atom stereocenters. The first-order valence-electron chi connectivity index (χ1n) is 12.2. The summed E-state index contributed by atoms with van der Waals surface area (Å²) in [6.45, 7) is 2.26. The molecule has 1 saturated heterocycles. The largest absolute Gasteiger partial charge is 0.396 e. The molecule has 1 aromatic rings. The molecule has 0 spiro atoms. The van der Waals surface area contributed by atoms with Gasteiger partial charge in [-0.25, -0.2) is 9.97 Å². The van der Waals surface area contributed by atoms with E-state index in [-0.39, 0.29) is 0 Å². The molecule has 1 aromatic heterocycles. The summed E-state index contributed by atoms with van der Waals surface area (Å²) in [4.78, 5) is 12.2. The van der Waals surface area contributed by atoms with Crippen LogP contribution in [-0.2, 0) is 6.42 Å². The van der Waals surface area contributed by atoms with Crippen molar-refractivity contribution in [3.05, 3.63) is 17.5 Å². The van der Waals surface area contributed by atoms with Crippen LogP contribution in [0.15, 0.2) is 6.20 Å². The molecule has 5 heteroatoms. The number of rotatable bonds is 4. The van der Waals surface area contributed by atoms with E-state index in [2.05, 4.69) is 16.4 Å². The minimum Gasteiger partial charge on any atom is -0.396 e. The Bertz CT molecular complexity index is 722. The summed E-state index contributed by atoms with van der Waals surface area (Å²) in [6, 6.07) is 0.448. The monoisotopic (exact) mass is 396 g/mol. The van der Waals surface area contributed by atoms with Gasteiger partial charge in [0.15, 0.2) is 0 Å². The first-order chi connectivity index (χ1) is 14.2. The Morgan fingerprint density at radius 1 is 1.03 bits per heavy atom. The van der Waals surface area contributed by atoms with Crippen LogP contribution in [0, 0.1) is 23.7 Å². The molecule has 4 bridgehead atoms. The lowest BCUT2D eigenvalue weighted by Gasteiger charge is -2.58. The summed E-state index contributed by atoms with van der Waals surface area (Å²) in [5, 5.41) is 13.6. The van der Waals surface area contributed by atoms with Gasteiger partial charge >= 0.3 is 0 Å². The van der Waals surface area contributed by atoms with Crippen LogP contribution in [-0.4, -0.2) is 40.3 Å². The van der Waals surface area contributed by atoms with Crippen molar-refractivity contribution in [2.75, 3.05) is 24.6 Å². The van der Waals surface area contributed by atoms with Gasteiger partial charge in [-0.2, -0.15) is 0 Å². The molecule has 0 aromatic carbocycles. The molecule has 0 amide bonds. The maximum Gasteiger partial charge on any atom is 0.225 e. The van der Waals surface area contributed by atoms with Crippen molar-refractivity contribution in [2.24, 2.45) is 23.7 Å². The molecule has 2 N–H and O–H groups in total. The van der Waals surface area contributed by atoms with Crippen LogP contribution >= 0.6 is 0 Å². The lowest BCUT2D eigenvalue weighted by atomic mass is 9.53. The topological polar surface area (TPSA) is 61.3 Å². The average molecular weight is 397 g/mol. The van der Waals surface area contributed by atoms with E-state index in [9.17, 15) is 5.11 Å². The molecular weight excluding hydrogens is 360 g/mol. The molecule has 1 aliphatic heterocycles. The number of aryl methyl sites for hydroxylation is 1. The SMILES string of the molecule is OCC1CCN(c2ncc3c(n2)CCCC3NC23CC4CC(CC(C4)C2)C3)CC1. The summed E-state index contributed by atoms with van der Waals surface area (Å²) in [5.74, 6) is 4.32. The summed E-state index contributed by atoms with van der Waals surface area (Å²) < 4.78 is 0. The molecule has 5 nitrogen and oxygen atoms in total. The van der Waals surface area contributed by atoms with Gasteiger partial charge in [-0.15, -0.1) is 0 Å².